The zero-order valence-corrected chi connectivity index (χ0v) is 11.7. The third kappa shape index (κ3) is 2.45. The van der Waals surface area contributed by atoms with Crippen LogP contribution in [-0.2, 0) is 0 Å². The fourth-order valence-electron chi connectivity index (χ4n) is 2.64. The summed E-state index contributed by atoms with van der Waals surface area (Å²) in [5.74, 6) is 0.508. The topological polar surface area (TPSA) is 58.6 Å². The summed E-state index contributed by atoms with van der Waals surface area (Å²) in [6.07, 6.45) is 2.57. The smallest absolute Gasteiger partial charge is 0.252 e. The van der Waals surface area contributed by atoms with Crippen LogP contribution in [0.5, 0.6) is 5.75 Å². The maximum absolute atomic E-state index is 12.0. The van der Waals surface area contributed by atoms with Crippen molar-refractivity contribution in [1.82, 2.24) is 5.32 Å². The van der Waals surface area contributed by atoms with Gasteiger partial charge in [-0.15, -0.1) is 0 Å². The van der Waals surface area contributed by atoms with Crippen LogP contribution in [0.25, 0.3) is 0 Å². The Balaban J connectivity index is 2.40. The number of amides is 1. The van der Waals surface area contributed by atoms with Crippen molar-refractivity contribution in [2.45, 2.75) is 44.8 Å². The zero-order valence-electron chi connectivity index (χ0n) is 11.7. The Morgan fingerprint density at radius 2 is 2.21 bits per heavy atom. The minimum absolute atomic E-state index is 0.143. The third-order valence-electron chi connectivity index (χ3n) is 3.75. The average molecular weight is 263 g/mol. The van der Waals surface area contributed by atoms with E-state index in [-0.39, 0.29) is 5.91 Å². The molecule has 2 atom stereocenters. The molecule has 104 valence electrons. The number of nitrogens with one attached hydrogen (secondary N) is 1. The van der Waals surface area contributed by atoms with Crippen molar-refractivity contribution < 1.29 is 14.6 Å². The van der Waals surface area contributed by atoms with Gasteiger partial charge < -0.3 is 15.2 Å². The van der Waals surface area contributed by atoms with E-state index in [4.69, 9.17) is 4.74 Å². The van der Waals surface area contributed by atoms with E-state index in [1.807, 2.05) is 6.07 Å². The first-order valence-corrected chi connectivity index (χ1v) is 6.71. The SMILES string of the molecule is CCCC[C@](C)(O)[C@@H]1NC(=O)c2cccc(OC)c21. The summed E-state index contributed by atoms with van der Waals surface area (Å²) in [4.78, 5) is 12.0. The van der Waals surface area contributed by atoms with E-state index in [1.165, 1.54) is 0 Å². The van der Waals surface area contributed by atoms with Crippen molar-refractivity contribution in [3.05, 3.63) is 29.3 Å². The van der Waals surface area contributed by atoms with E-state index >= 15 is 0 Å². The molecule has 4 nitrogen and oxygen atoms in total. The number of hydrogen-bond acceptors (Lipinski definition) is 3. The van der Waals surface area contributed by atoms with Crippen LogP contribution in [0.1, 0.15) is 55.1 Å². The molecule has 0 radical (unpaired) electrons. The fourth-order valence-corrected chi connectivity index (χ4v) is 2.64. The molecular formula is C15H21NO3. The Morgan fingerprint density at radius 3 is 2.84 bits per heavy atom. The van der Waals surface area contributed by atoms with Gasteiger partial charge in [-0.1, -0.05) is 25.8 Å². The Labute approximate surface area is 113 Å². The number of unbranched alkanes of at least 4 members (excludes halogenated alkanes) is 1. The van der Waals surface area contributed by atoms with Crippen LogP contribution in [0.3, 0.4) is 0 Å². The molecule has 19 heavy (non-hydrogen) atoms. The van der Waals surface area contributed by atoms with Gasteiger partial charge in [0.2, 0.25) is 0 Å². The molecule has 0 unspecified atom stereocenters. The number of carbonyl (C=O) groups excluding carboxylic acids is 1. The van der Waals surface area contributed by atoms with Crippen LogP contribution < -0.4 is 10.1 Å². The van der Waals surface area contributed by atoms with Gasteiger partial charge in [0.25, 0.3) is 5.91 Å². The predicted octanol–water partition coefficient (Wildman–Crippen LogP) is 2.42. The van der Waals surface area contributed by atoms with E-state index < -0.39 is 11.6 Å². The lowest BCUT2D eigenvalue weighted by Crippen LogP contribution is -2.39. The summed E-state index contributed by atoms with van der Waals surface area (Å²) < 4.78 is 5.33. The quantitative estimate of drug-likeness (QED) is 0.857. The van der Waals surface area contributed by atoms with Crippen LogP contribution in [0, 0.1) is 0 Å². The molecule has 0 spiro atoms. The van der Waals surface area contributed by atoms with Gasteiger partial charge in [-0.3, -0.25) is 4.79 Å². The Bertz CT molecular complexity index is 482. The maximum atomic E-state index is 12.0. The number of aliphatic hydroxyl groups is 1. The van der Waals surface area contributed by atoms with Gasteiger partial charge in [0, 0.05) is 11.1 Å². The normalized spacial score (nSPS) is 20.6. The van der Waals surface area contributed by atoms with Crippen molar-refractivity contribution in [2.75, 3.05) is 7.11 Å². The summed E-state index contributed by atoms with van der Waals surface area (Å²) in [6, 6.07) is 4.98. The molecule has 1 aliphatic heterocycles. The van der Waals surface area contributed by atoms with E-state index in [9.17, 15) is 9.90 Å². The summed E-state index contributed by atoms with van der Waals surface area (Å²) in [6.45, 7) is 3.85. The first kappa shape index (κ1) is 13.9. The van der Waals surface area contributed by atoms with Gasteiger partial charge in [0.05, 0.1) is 18.8 Å². The maximum Gasteiger partial charge on any atom is 0.252 e. The first-order valence-electron chi connectivity index (χ1n) is 6.71. The second-order valence-corrected chi connectivity index (χ2v) is 5.29. The highest BCUT2D eigenvalue weighted by Crippen LogP contribution is 2.41. The van der Waals surface area contributed by atoms with Gasteiger partial charge in [0.15, 0.2) is 0 Å². The van der Waals surface area contributed by atoms with Crippen LogP contribution in [0.2, 0.25) is 0 Å². The van der Waals surface area contributed by atoms with Crippen molar-refractivity contribution in [1.29, 1.82) is 0 Å². The zero-order chi connectivity index (χ0) is 14.0. The number of fused-ring (bicyclic) bond motifs is 1. The van der Waals surface area contributed by atoms with E-state index in [0.717, 1.165) is 18.4 Å². The van der Waals surface area contributed by atoms with Crippen molar-refractivity contribution in [2.24, 2.45) is 0 Å². The van der Waals surface area contributed by atoms with E-state index in [0.29, 0.717) is 17.7 Å². The first-order chi connectivity index (χ1) is 9.01. The Kier molecular flexibility index (Phi) is 3.80. The third-order valence-corrected chi connectivity index (χ3v) is 3.75. The lowest BCUT2D eigenvalue weighted by atomic mass is 9.86. The standard InChI is InChI=1S/C15H21NO3/c1-4-5-9-15(2,18)13-12-10(14(17)16-13)7-6-8-11(12)19-3/h6-8,13,18H,4-5,9H2,1-3H3,(H,16,17)/t13-,15+/m1/s1. The number of benzene rings is 1. The summed E-state index contributed by atoms with van der Waals surface area (Å²) >= 11 is 0. The highest BCUT2D eigenvalue weighted by atomic mass is 16.5. The van der Waals surface area contributed by atoms with Crippen LogP contribution >= 0.6 is 0 Å². The largest absolute Gasteiger partial charge is 0.496 e. The van der Waals surface area contributed by atoms with Crippen molar-refractivity contribution in [3.63, 3.8) is 0 Å². The van der Waals surface area contributed by atoms with Crippen molar-refractivity contribution in [3.8, 4) is 5.75 Å². The molecule has 1 aromatic rings. The molecule has 0 aromatic heterocycles. The number of rotatable bonds is 5. The molecule has 2 rings (SSSR count). The molecule has 0 fully saturated rings. The highest BCUT2D eigenvalue weighted by Gasteiger charge is 2.42. The molecule has 2 N–H and O–H groups in total. The van der Waals surface area contributed by atoms with Crippen LogP contribution in [-0.4, -0.2) is 23.7 Å². The molecule has 4 heteroatoms. The van der Waals surface area contributed by atoms with Gasteiger partial charge >= 0.3 is 0 Å². The molecule has 0 saturated heterocycles. The lowest BCUT2D eigenvalue weighted by molar-refractivity contribution is 0.0115. The summed E-state index contributed by atoms with van der Waals surface area (Å²) in [5.41, 5.74) is 0.406. The predicted molar refractivity (Wildman–Crippen MR) is 73.4 cm³/mol. The molecule has 0 aliphatic carbocycles. The average Bonchev–Trinajstić information content (AvgIpc) is 2.75. The highest BCUT2D eigenvalue weighted by molar-refractivity contribution is 6.00. The molecular weight excluding hydrogens is 242 g/mol. The fraction of sp³-hybridized carbons (Fsp3) is 0.533. The molecule has 0 saturated carbocycles. The number of methoxy groups -OCH3 is 1. The van der Waals surface area contributed by atoms with Gasteiger partial charge in [-0.2, -0.15) is 0 Å². The summed E-state index contributed by atoms with van der Waals surface area (Å²) in [5, 5.41) is 13.5. The molecule has 1 aliphatic rings. The van der Waals surface area contributed by atoms with Crippen LogP contribution in [0.15, 0.2) is 18.2 Å². The minimum Gasteiger partial charge on any atom is -0.496 e. The Hall–Kier alpha value is -1.55. The second kappa shape index (κ2) is 5.21. The minimum atomic E-state index is -0.967. The van der Waals surface area contributed by atoms with E-state index in [1.54, 1.807) is 26.2 Å². The molecule has 1 heterocycles. The lowest BCUT2D eigenvalue weighted by Gasteiger charge is -2.31. The van der Waals surface area contributed by atoms with Gasteiger partial charge in [-0.25, -0.2) is 0 Å². The number of ether oxygens (including phenoxy) is 1. The second-order valence-electron chi connectivity index (χ2n) is 5.29. The number of carbonyl (C=O) groups is 1. The van der Waals surface area contributed by atoms with E-state index in [2.05, 4.69) is 12.2 Å². The van der Waals surface area contributed by atoms with Gasteiger partial charge in [-0.05, 0) is 25.5 Å². The van der Waals surface area contributed by atoms with Crippen LogP contribution in [0.4, 0.5) is 0 Å². The molecule has 1 amide bonds. The molecule has 0 bridgehead atoms. The molecule has 1 aromatic carbocycles. The van der Waals surface area contributed by atoms with Crippen molar-refractivity contribution >= 4 is 5.91 Å². The number of hydrogen-bond donors (Lipinski definition) is 2. The van der Waals surface area contributed by atoms with Gasteiger partial charge in [0.1, 0.15) is 5.75 Å². The monoisotopic (exact) mass is 263 g/mol. The summed E-state index contributed by atoms with van der Waals surface area (Å²) in [7, 11) is 1.58. The Morgan fingerprint density at radius 1 is 1.47 bits per heavy atom.